The number of ether oxygens (including phenoxy) is 1. The van der Waals surface area contributed by atoms with Crippen molar-refractivity contribution in [3.8, 4) is 5.75 Å². The molecule has 1 saturated carbocycles. The third kappa shape index (κ3) is 8.40. The quantitative estimate of drug-likeness (QED) is 0.282. The van der Waals surface area contributed by atoms with Gasteiger partial charge in [0.25, 0.3) is 0 Å². The van der Waals surface area contributed by atoms with Crippen LogP contribution in [0.2, 0.25) is 0 Å². The van der Waals surface area contributed by atoms with Gasteiger partial charge in [0.2, 0.25) is 5.95 Å². The Morgan fingerprint density at radius 1 is 1.02 bits per heavy atom. The Kier molecular flexibility index (Phi) is 11.2. The second-order valence-electron chi connectivity index (χ2n) is 11.8. The summed E-state index contributed by atoms with van der Waals surface area (Å²) in [6.45, 7) is 8.72. The van der Waals surface area contributed by atoms with Crippen LogP contribution in [-0.4, -0.2) is 120 Å². The fourth-order valence-electron chi connectivity index (χ4n) is 6.19. The molecule has 238 valence electrons. The number of piperazine rings is 2. The number of aromatic nitrogens is 2. The molecule has 0 radical (unpaired) electrons. The lowest BCUT2D eigenvalue weighted by atomic mass is 9.95. The topological polar surface area (TPSA) is 127 Å². The third-order valence-corrected chi connectivity index (χ3v) is 10.4. The van der Waals surface area contributed by atoms with E-state index in [2.05, 4.69) is 53.1 Å². The highest BCUT2D eigenvalue weighted by atomic mass is 32.2. The molecular formula is C30H50N10O2S. The molecule has 1 atom stereocenters. The van der Waals surface area contributed by atoms with Crippen LogP contribution in [0.3, 0.4) is 0 Å². The summed E-state index contributed by atoms with van der Waals surface area (Å²) in [5.41, 5.74) is 8.88. The summed E-state index contributed by atoms with van der Waals surface area (Å²) in [7, 11) is 4.75. The van der Waals surface area contributed by atoms with E-state index in [0.29, 0.717) is 29.2 Å². The number of benzene rings is 1. The van der Waals surface area contributed by atoms with Gasteiger partial charge in [0.15, 0.2) is 11.6 Å². The summed E-state index contributed by atoms with van der Waals surface area (Å²) in [5.74, 6) is 2.97. The van der Waals surface area contributed by atoms with Gasteiger partial charge in [-0.05, 0) is 45.0 Å². The van der Waals surface area contributed by atoms with Gasteiger partial charge in [-0.3, -0.25) is 0 Å². The Bertz CT molecular complexity index is 1210. The molecule has 1 unspecified atom stereocenters. The molecule has 0 amide bonds. The van der Waals surface area contributed by atoms with Gasteiger partial charge in [0.05, 0.1) is 23.8 Å². The molecule has 5 rings (SSSR count). The average molecular weight is 615 g/mol. The molecule has 5 N–H and O–H groups in total. The van der Waals surface area contributed by atoms with Crippen molar-refractivity contribution in [2.45, 2.75) is 44.6 Å². The Balaban J connectivity index is 1.16. The summed E-state index contributed by atoms with van der Waals surface area (Å²) < 4.78 is 20.9. The summed E-state index contributed by atoms with van der Waals surface area (Å²) in [4.78, 5) is 16.5. The van der Waals surface area contributed by atoms with E-state index >= 15 is 0 Å². The summed E-state index contributed by atoms with van der Waals surface area (Å²) in [5, 5.41) is 10.1. The number of nitrogens with zero attached hydrogens (tertiary/aromatic N) is 6. The van der Waals surface area contributed by atoms with Crippen molar-refractivity contribution in [1.29, 1.82) is 0 Å². The van der Waals surface area contributed by atoms with Crippen LogP contribution >= 0.6 is 0 Å². The first-order valence-electron chi connectivity index (χ1n) is 15.8. The number of nitrogens with one attached hydrogen (secondary N) is 3. The first-order chi connectivity index (χ1) is 20.9. The predicted molar refractivity (Wildman–Crippen MR) is 178 cm³/mol. The summed E-state index contributed by atoms with van der Waals surface area (Å²) in [6.07, 6.45) is 6.99. The van der Waals surface area contributed by atoms with Gasteiger partial charge < -0.3 is 41.1 Å². The summed E-state index contributed by atoms with van der Waals surface area (Å²) in [6, 6.07) is 6.51. The molecule has 2 aromatic rings. The van der Waals surface area contributed by atoms with Crippen molar-refractivity contribution in [2.75, 3.05) is 112 Å². The molecule has 1 aromatic carbocycles. The monoisotopic (exact) mass is 614 g/mol. The van der Waals surface area contributed by atoms with Crippen LogP contribution in [0.25, 0.3) is 0 Å². The molecule has 0 bridgehead atoms. The number of nitrogen functional groups attached to an aromatic ring is 1. The van der Waals surface area contributed by atoms with E-state index in [0.717, 1.165) is 101 Å². The smallest absolute Gasteiger partial charge is 0.231 e. The minimum Gasteiger partial charge on any atom is -0.494 e. The van der Waals surface area contributed by atoms with Crippen molar-refractivity contribution in [3.05, 3.63) is 18.2 Å². The number of anilines is 6. The van der Waals surface area contributed by atoms with E-state index < -0.39 is 11.0 Å². The Labute approximate surface area is 259 Å². The van der Waals surface area contributed by atoms with E-state index in [1.807, 2.05) is 19.2 Å². The van der Waals surface area contributed by atoms with Crippen molar-refractivity contribution in [2.24, 2.45) is 0 Å². The maximum absolute atomic E-state index is 13.0. The van der Waals surface area contributed by atoms with Crippen LogP contribution in [0.4, 0.5) is 34.6 Å². The zero-order valence-corrected chi connectivity index (χ0v) is 26.9. The number of nitrogens with two attached hydrogens (primary N) is 1. The van der Waals surface area contributed by atoms with E-state index in [4.69, 9.17) is 15.5 Å². The van der Waals surface area contributed by atoms with Crippen LogP contribution in [0.15, 0.2) is 18.2 Å². The first kappa shape index (κ1) is 31.6. The Morgan fingerprint density at radius 3 is 2.47 bits per heavy atom. The second kappa shape index (κ2) is 15.2. The lowest BCUT2D eigenvalue weighted by Gasteiger charge is -2.35. The molecule has 3 heterocycles. The lowest BCUT2D eigenvalue weighted by Crippen LogP contribution is -2.48. The van der Waals surface area contributed by atoms with Gasteiger partial charge >= 0.3 is 0 Å². The van der Waals surface area contributed by atoms with Gasteiger partial charge in [0, 0.05) is 83.0 Å². The highest BCUT2D eigenvalue weighted by Gasteiger charge is 2.23. The van der Waals surface area contributed by atoms with Crippen molar-refractivity contribution >= 4 is 45.6 Å². The SMILES string of the molecule is CNc1c(N)nc(Nc2ccc(N3CCN(S(=O)CCCN4CCN(C)CC4)CC3)cc2OC)nc1NC1CCCCC1. The number of hydrogen-bond acceptors (Lipinski definition) is 11. The second-order valence-corrected chi connectivity index (χ2v) is 13.4. The van der Waals surface area contributed by atoms with Gasteiger partial charge in [0.1, 0.15) is 11.4 Å². The number of methoxy groups -OCH3 is 1. The van der Waals surface area contributed by atoms with Crippen LogP contribution in [-0.2, 0) is 11.0 Å². The molecule has 2 aliphatic heterocycles. The van der Waals surface area contributed by atoms with Gasteiger partial charge in [-0.25, -0.2) is 8.51 Å². The highest BCUT2D eigenvalue weighted by molar-refractivity contribution is 7.82. The highest BCUT2D eigenvalue weighted by Crippen LogP contribution is 2.34. The number of hydrogen-bond donors (Lipinski definition) is 4. The molecule has 1 aliphatic carbocycles. The van der Waals surface area contributed by atoms with E-state index in [9.17, 15) is 4.21 Å². The largest absolute Gasteiger partial charge is 0.494 e. The first-order valence-corrected chi connectivity index (χ1v) is 17.1. The maximum atomic E-state index is 13.0. The molecule has 43 heavy (non-hydrogen) atoms. The van der Waals surface area contributed by atoms with Crippen LogP contribution < -0.4 is 31.3 Å². The van der Waals surface area contributed by atoms with Gasteiger partial charge in [-0.2, -0.15) is 9.97 Å². The standard InChI is InChI=1S/C30H50N10O2S/c1-32-27-28(31)35-30(36-29(27)33-23-8-5-4-6-9-23)34-25-11-10-24(22-26(25)42-3)39-17-19-40(20-18-39)43(41)21-7-12-38-15-13-37(2)14-16-38/h10-11,22-23,32H,4-9,12-21H2,1-3H3,(H4,31,33,34,35,36). The zero-order chi connectivity index (χ0) is 30.2. The predicted octanol–water partition coefficient (Wildman–Crippen LogP) is 3.02. The summed E-state index contributed by atoms with van der Waals surface area (Å²) >= 11 is 0. The third-order valence-electron chi connectivity index (χ3n) is 8.85. The van der Waals surface area contributed by atoms with Crippen LogP contribution in [0.1, 0.15) is 38.5 Å². The normalized spacial score (nSPS) is 20.1. The zero-order valence-electron chi connectivity index (χ0n) is 26.1. The van der Waals surface area contributed by atoms with Crippen molar-refractivity contribution in [1.82, 2.24) is 24.1 Å². The molecule has 12 nitrogen and oxygen atoms in total. The minimum atomic E-state index is -0.930. The van der Waals surface area contributed by atoms with Crippen molar-refractivity contribution < 1.29 is 8.95 Å². The van der Waals surface area contributed by atoms with Crippen LogP contribution in [0.5, 0.6) is 5.75 Å². The van der Waals surface area contributed by atoms with E-state index in [1.165, 1.54) is 19.3 Å². The van der Waals surface area contributed by atoms with Crippen molar-refractivity contribution in [3.63, 3.8) is 0 Å². The molecule has 2 saturated heterocycles. The van der Waals surface area contributed by atoms with Gasteiger partial charge in [-0.15, -0.1) is 0 Å². The minimum absolute atomic E-state index is 0.386. The molecule has 1 aromatic heterocycles. The van der Waals surface area contributed by atoms with Crippen LogP contribution in [0, 0.1) is 0 Å². The van der Waals surface area contributed by atoms with E-state index in [-0.39, 0.29) is 0 Å². The molecule has 0 spiro atoms. The number of likely N-dealkylation sites (N-methyl/N-ethyl adjacent to an activating group) is 1. The lowest BCUT2D eigenvalue weighted by molar-refractivity contribution is 0.154. The number of rotatable bonds is 12. The molecular weight excluding hydrogens is 564 g/mol. The fourth-order valence-corrected chi connectivity index (χ4v) is 7.39. The van der Waals surface area contributed by atoms with E-state index in [1.54, 1.807) is 7.11 Å². The van der Waals surface area contributed by atoms with Gasteiger partial charge in [-0.1, -0.05) is 19.3 Å². The Morgan fingerprint density at radius 2 is 1.77 bits per heavy atom. The molecule has 3 aliphatic rings. The Hall–Kier alpha value is -2.87. The molecule has 13 heteroatoms. The maximum Gasteiger partial charge on any atom is 0.231 e. The fraction of sp³-hybridized carbons (Fsp3) is 0.667. The molecule has 3 fully saturated rings. The average Bonchev–Trinajstić information content (AvgIpc) is 3.03.